The SMILES string of the molecule is CC1(C)Cc2c(cnn2-c2cccc(F)c2)C(NS(=O)(=O)c2cccnc2)C1. The third kappa shape index (κ3) is 3.57. The van der Waals surface area contributed by atoms with Crippen LogP contribution in [0.25, 0.3) is 5.69 Å². The molecule has 0 radical (unpaired) electrons. The van der Waals surface area contributed by atoms with Gasteiger partial charge >= 0.3 is 0 Å². The highest BCUT2D eigenvalue weighted by atomic mass is 32.2. The number of hydrogen-bond donors (Lipinski definition) is 1. The lowest BCUT2D eigenvalue weighted by Crippen LogP contribution is -2.36. The highest BCUT2D eigenvalue weighted by Crippen LogP contribution is 2.42. The van der Waals surface area contributed by atoms with Crippen LogP contribution in [0.2, 0.25) is 0 Å². The molecule has 3 aromatic rings. The number of benzene rings is 1. The molecule has 146 valence electrons. The van der Waals surface area contributed by atoms with Crippen LogP contribution < -0.4 is 4.72 Å². The van der Waals surface area contributed by atoms with Crippen molar-refractivity contribution in [2.75, 3.05) is 0 Å². The van der Waals surface area contributed by atoms with Gasteiger partial charge in [-0.2, -0.15) is 5.10 Å². The maximum atomic E-state index is 13.7. The summed E-state index contributed by atoms with van der Waals surface area (Å²) in [4.78, 5) is 4.02. The number of sulfonamides is 1. The minimum absolute atomic E-state index is 0.123. The first-order valence-corrected chi connectivity index (χ1v) is 10.5. The van der Waals surface area contributed by atoms with Crippen LogP contribution in [0.4, 0.5) is 4.39 Å². The van der Waals surface area contributed by atoms with Crippen LogP contribution in [0.15, 0.2) is 59.9 Å². The van der Waals surface area contributed by atoms with Crippen LogP contribution in [0, 0.1) is 11.2 Å². The van der Waals surface area contributed by atoms with Gasteiger partial charge in [0.05, 0.1) is 17.9 Å². The maximum absolute atomic E-state index is 13.7. The molecular weight excluding hydrogens is 379 g/mol. The van der Waals surface area contributed by atoms with E-state index in [1.165, 1.54) is 30.6 Å². The largest absolute Gasteiger partial charge is 0.263 e. The second-order valence-corrected chi connectivity index (χ2v) is 9.56. The van der Waals surface area contributed by atoms with Gasteiger partial charge in [-0.1, -0.05) is 19.9 Å². The third-order valence-corrected chi connectivity index (χ3v) is 6.43. The number of rotatable bonds is 4. The predicted molar refractivity (Wildman–Crippen MR) is 103 cm³/mol. The van der Waals surface area contributed by atoms with Crippen molar-refractivity contribution >= 4 is 10.0 Å². The number of halogens is 1. The molecule has 8 heteroatoms. The molecule has 0 amide bonds. The Morgan fingerprint density at radius 3 is 2.75 bits per heavy atom. The molecule has 28 heavy (non-hydrogen) atoms. The smallest absolute Gasteiger partial charge is 0.242 e. The van der Waals surface area contributed by atoms with E-state index in [4.69, 9.17) is 0 Å². The highest BCUT2D eigenvalue weighted by Gasteiger charge is 2.37. The van der Waals surface area contributed by atoms with Gasteiger partial charge in [0, 0.05) is 23.7 Å². The summed E-state index contributed by atoms with van der Waals surface area (Å²) in [5.41, 5.74) is 2.17. The molecule has 1 unspecified atom stereocenters. The molecule has 2 heterocycles. The fourth-order valence-corrected chi connectivity index (χ4v) is 4.92. The quantitative estimate of drug-likeness (QED) is 0.728. The number of aromatic nitrogens is 3. The average molecular weight is 400 g/mol. The summed E-state index contributed by atoms with van der Waals surface area (Å²) < 4.78 is 43.8. The van der Waals surface area contributed by atoms with Crippen molar-refractivity contribution in [2.24, 2.45) is 5.41 Å². The van der Waals surface area contributed by atoms with Gasteiger partial charge in [-0.05, 0) is 48.6 Å². The molecule has 0 fully saturated rings. The Morgan fingerprint density at radius 2 is 2.04 bits per heavy atom. The van der Waals surface area contributed by atoms with E-state index in [9.17, 15) is 12.8 Å². The van der Waals surface area contributed by atoms with E-state index < -0.39 is 16.1 Å². The minimum Gasteiger partial charge on any atom is -0.263 e. The Morgan fingerprint density at radius 1 is 1.21 bits per heavy atom. The lowest BCUT2D eigenvalue weighted by Gasteiger charge is -2.35. The number of hydrogen-bond acceptors (Lipinski definition) is 4. The molecule has 4 rings (SSSR count). The second kappa shape index (κ2) is 6.79. The molecule has 0 saturated heterocycles. The molecule has 0 aliphatic heterocycles. The van der Waals surface area contributed by atoms with Crippen molar-refractivity contribution in [3.63, 3.8) is 0 Å². The first-order valence-electron chi connectivity index (χ1n) is 9.00. The van der Waals surface area contributed by atoms with E-state index in [1.54, 1.807) is 29.1 Å². The van der Waals surface area contributed by atoms with Crippen LogP contribution in [-0.4, -0.2) is 23.2 Å². The van der Waals surface area contributed by atoms with Crippen molar-refractivity contribution in [3.8, 4) is 5.69 Å². The standard InChI is InChI=1S/C20H21FN4O2S/c1-20(2)10-18(24-28(26,27)16-7-4-8-22-12-16)17-13-23-25(19(17)11-20)15-6-3-5-14(21)9-15/h3-9,12-13,18,24H,10-11H2,1-2H3. The number of nitrogens with one attached hydrogen (secondary N) is 1. The molecule has 2 aromatic heterocycles. The summed E-state index contributed by atoms with van der Waals surface area (Å²) in [6.07, 6.45) is 5.88. The van der Waals surface area contributed by atoms with Crippen LogP contribution in [0.5, 0.6) is 0 Å². The average Bonchev–Trinajstić information content (AvgIpc) is 3.05. The van der Waals surface area contributed by atoms with Crippen LogP contribution in [-0.2, 0) is 16.4 Å². The molecule has 1 N–H and O–H groups in total. The highest BCUT2D eigenvalue weighted by molar-refractivity contribution is 7.89. The van der Waals surface area contributed by atoms with E-state index in [2.05, 4.69) is 28.7 Å². The minimum atomic E-state index is -3.72. The van der Waals surface area contributed by atoms with Gasteiger partial charge in [0.15, 0.2) is 0 Å². The first kappa shape index (κ1) is 18.8. The zero-order valence-electron chi connectivity index (χ0n) is 15.6. The number of fused-ring (bicyclic) bond motifs is 1. The number of nitrogens with zero attached hydrogens (tertiary/aromatic N) is 3. The lowest BCUT2D eigenvalue weighted by atomic mass is 9.74. The van der Waals surface area contributed by atoms with E-state index in [-0.39, 0.29) is 16.1 Å². The van der Waals surface area contributed by atoms with E-state index >= 15 is 0 Å². The fourth-order valence-electron chi connectivity index (χ4n) is 3.74. The zero-order valence-corrected chi connectivity index (χ0v) is 16.4. The normalized spacial score (nSPS) is 18.6. The fraction of sp³-hybridized carbons (Fsp3) is 0.300. The van der Waals surface area contributed by atoms with Gasteiger partial charge in [0.1, 0.15) is 10.7 Å². The summed E-state index contributed by atoms with van der Waals surface area (Å²) in [6, 6.07) is 8.90. The van der Waals surface area contributed by atoms with Crippen LogP contribution >= 0.6 is 0 Å². The van der Waals surface area contributed by atoms with Crippen molar-refractivity contribution in [2.45, 2.75) is 37.6 Å². The van der Waals surface area contributed by atoms with Crippen LogP contribution in [0.1, 0.15) is 37.6 Å². The molecule has 0 bridgehead atoms. The topological polar surface area (TPSA) is 76.9 Å². The molecular formula is C20H21FN4O2S. The molecule has 0 spiro atoms. The molecule has 1 aliphatic rings. The molecule has 1 aromatic carbocycles. The van der Waals surface area contributed by atoms with Gasteiger partial charge in [0.25, 0.3) is 0 Å². The first-order chi connectivity index (χ1) is 13.3. The molecule has 0 saturated carbocycles. The Labute approximate surface area is 163 Å². The molecule has 1 aliphatic carbocycles. The van der Waals surface area contributed by atoms with Gasteiger partial charge in [-0.3, -0.25) is 4.98 Å². The zero-order chi connectivity index (χ0) is 19.9. The Kier molecular flexibility index (Phi) is 4.55. The Balaban J connectivity index is 1.74. The van der Waals surface area contributed by atoms with E-state index in [1.807, 2.05) is 0 Å². The van der Waals surface area contributed by atoms with Gasteiger partial charge in [-0.25, -0.2) is 22.2 Å². The molecule has 1 atom stereocenters. The molecule has 6 nitrogen and oxygen atoms in total. The monoisotopic (exact) mass is 400 g/mol. The summed E-state index contributed by atoms with van der Waals surface area (Å²) in [7, 11) is -3.72. The van der Waals surface area contributed by atoms with Gasteiger partial charge in [-0.15, -0.1) is 0 Å². The predicted octanol–water partition coefficient (Wildman–Crippen LogP) is 3.40. The van der Waals surface area contributed by atoms with E-state index in [0.717, 1.165) is 11.3 Å². The van der Waals surface area contributed by atoms with Gasteiger partial charge < -0.3 is 0 Å². The van der Waals surface area contributed by atoms with Crippen LogP contribution in [0.3, 0.4) is 0 Å². The summed E-state index contributed by atoms with van der Waals surface area (Å²) >= 11 is 0. The number of pyridine rings is 1. The van der Waals surface area contributed by atoms with Crippen molar-refractivity contribution in [1.82, 2.24) is 19.5 Å². The second-order valence-electron chi connectivity index (χ2n) is 7.85. The third-order valence-electron chi connectivity index (χ3n) is 4.97. The summed E-state index contributed by atoms with van der Waals surface area (Å²) in [5.74, 6) is -0.342. The maximum Gasteiger partial charge on any atom is 0.242 e. The van der Waals surface area contributed by atoms with Crippen molar-refractivity contribution in [1.29, 1.82) is 0 Å². The Hall–Kier alpha value is -2.58. The lowest BCUT2D eigenvalue weighted by molar-refractivity contribution is 0.268. The summed E-state index contributed by atoms with van der Waals surface area (Å²) in [6.45, 7) is 4.18. The van der Waals surface area contributed by atoms with E-state index in [0.29, 0.717) is 18.5 Å². The van der Waals surface area contributed by atoms with Gasteiger partial charge in [0.2, 0.25) is 10.0 Å². The van der Waals surface area contributed by atoms with Crippen molar-refractivity contribution in [3.05, 3.63) is 72.1 Å². The Bertz CT molecular complexity index is 1110. The summed E-state index contributed by atoms with van der Waals surface area (Å²) in [5, 5.41) is 4.43. The van der Waals surface area contributed by atoms with Crippen molar-refractivity contribution < 1.29 is 12.8 Å².